The average molecular weight is 439 g/mol. The highest BCUT2D eigenvalue weighted by atomic mass is 32.2. The second-order valence-corrected chi connectivity index (χ2v) is 8.35. The molecular formula is C22H26N6O2S. The summed E-state index contributed by atoms with van der Waals surface area (Å²) in [7, 11) is 0. The van der Waals surface area contributed by atoms with E-state index in [0.717, 1.165) is 41.7 Å². The minimum atomic E-state index is -0.373. The number of fused-ring (bicyclic) bond motifs is 1. The van der Waals surface area contributed by atoms with Crippen molar-refractivity contribution < 1.29 is 9.53 Å². The van der Waals surface area contributed by atoms with Crippen molar-refractivity contribution in [2.45, 2.75) is 37.2 Å². The Kier molecular flexibility index (Phi) is 6.89. The van der Waals surface area contributed by atoms with Gasteiger partial charge in [-0.3, -0.25) is 0 Å². The van der Waals surface area contributed by atoms with Gasteiger partial charge in [0.15, 0.2) is 5.16 Å². The van der Waals surface area contributed by atoms with E-state index in [9.17, 15) is 10.1 Å². The fraction of sp³-hybridized carbons (Fsp3) is 0.455. The SMILES string of the molecule is CSc1nc2c(c(N3CCN(C(=O)OCc4ccccc4)[C@@H](CC#N)C3)n1)CCNC2. The molecule has 1 amide bonds. The Hall–Kier alpha value is -2.83. The summed E-state index contributed by atoms with van der Waals surface area (Å²) < 4.78 is 5.53. The third-order valence-corrected chi connectivity index (χ3v) is 6.17. The standard InChI is InChI=1S/C22H26N6O2S/c1-31-21-25-19-13-24-10-8-18(19)20(26-21)27-11-12-28(17(14-27)7-9-23)22(29)30-15-16-5-3-2-4-6-16/h2-6,17,24H,7-8,10-15H2,1H3/t17-/m0/s1. The van der Waals surface area contributed by atoms with E-state index in [4.69, 9.17) is 9.72 Å². The number of thioether (sulfide) groups is 1. The molecule has 9 heteroatoms. The molecule has 1 atom stereocenters. The first-order chi connectivity index (χ1) is 15.2. The molecule has 1 aromatic heterocycles. The summed E-state index contributed by atoms with van der Waals surface area (Å²) in [5.74, 6) is 0.941. The molecule has 1 aromatic carbocycles. The van der Waals surface area contributed by atoms with Crippen LogP contribution in [0.5, 0.6) is 0 Å². The monoisotopic (exact) mass is 438 g/mol. The predicted molar refractivity (Wildman–Crippen MR) is 119 cm³/mol. The van der Waals surface area contributed by atoms with Crippen LogP contribution in [0.4, 0.5) is 10.6 Å². The van der Waals surface area contributed by atoms with Gasteiger partial charge in [0.1, 0.15) is 12.4 Å². The summed E-state index contributed by atoms with van der Waals surface area (Å²) in [6.45, 7) is 3.56. The highest BCUT2D eigenvalue weighted by Gasteiger charge is 2.33. The number of nitrogens with one attached hydrogen (secondary N) is 1. The Labute approximate surface area is 186 Å². The van der Waals surface area contributed by atoms with Crippen molar-refractivity contribution in [2.75, 3.05) is 37.3 Å². The fourth-order valence-electron chi connectivity index (χ4n) is 4.04. The lowest BCUT2D eigenvalue weighted by Crippen LogP contribution is -2.55. The lowest BCUT2D eigenvalue weighted by molar-refractivity contribution is 0.0768. The van der Waals surface area contributed by atoms with Crippen molar-refractivity contribution in [3.63, 3.8) is 0 Å². The zero-order chi connectivity index (χ0) is 21.6. The Bertz CT molecular complexity index is 964. The summed E-state index contributed by atoms with van der Waals surface area (Å²) in [6.07, 6.45) is 2.73. The van der Waals surface area contributed by atoms with E-state index in [1.165, 1.54) is 17.3 Å². The van der Waals surface area contributed by atoms with Crippen molar-refractivity contribution in [2.24, 2.45) is 0 Å². The molecule has 3 heterocycles. The zero-order valence-corrected chi connectivity index (χ0v) is 18.4. The number of carbonyl (C=O) groups is 1. The van der Waals surface area contributed by atoms with Crippen LogP contribution in [-0.2, 0) is 24.3 Å². The van der Waals surface area contributed by atoms with Gasteiger partial charge in [0.2, 0.25) is 0 Å². The van der Waals surface area contributed by atoms with Crippen LogP contribution in [-0.4, -0.2) is 59.4 Å². The van der Waals surface area contributed by atoms with Crippen LogP contribution in [0, 0.1) is 11.3 Å². The van der Waals surface area contributed by atoms with Gasteiger partial charge >= 0.3 is 6.09 Å². The van der Waals surface area contributed by atoms with Crippen LogP contribution in [0.1, 0.15) is 23.2 Å². The first kappa shape index (κ1) is 21.4. The molecule has 0 spiro atoms. The van der Waals surface area contributed by atoms with Crippen molar-refractivity contribution in [1.29, 1.82) is 5.26 Å². The van der Waals surface area contributed by atoms with E-state index < -0.39 is 0 Å². The van der Waals surface area contributed by atoms with Crippen LogP contribution < -0.4 is 10.2 Å². The molecular weight excluding hydrogens is 412 g/mol. The second kappa shape index (κ2) is 9.98. The predicted octanol–water partition coefficient (Wildman–Crippen LogP) is 2.59. The Balaban J connectivity index is 1.49. The lowest BCUT2D eigenvalue weighted by Gasteiger charge is -2.41. The zero-order valence-electron chi connectivity index (χ0n) is 17.6. The van der Waals surface area contributed by atoms with Gasteiger partial charge in [-0.2, -0.15) is 5.26 Å². The highest BCUT2D eigenvalue weighted by Crippen LogP contribution is 2.29. The molecule has 4 rings (SSSR count). The van der Waals surface area contributed by atoms with Crippen molar-refractivity contribution in [3.8, 4) is 6.07 Å². The first-order valence-corrected chi connectivity index (χ1v) is 11.7. The fourth-order valence-corrected chi connectivity index (χ4v) is 4.42. The summed E-state index contributed by atoms with van der Waals surface area (Å²) in [5, 5.41) is 13.5. The summed E-state index contributed by atoms with van der Waals surface area (Å²) in [5.41, 5.74) is 3.16. The number of nitrogens with zero attached hydrogens (tertiary/aromatic N) is 5. The quantitative estimate of drug-likeness (QED) is 0.562. The maximum atomic E-state index is 12.8. The Morgan fingerprint density at radius 1 is 1.32 bits per heavy atom. The summed E-state index contributed by atoms with van der Waals surface area (Å²) >= 11 is 1.53. The highest BCUT2D eigenvalue weighted by molar-refractivity contribution is 7.98. The van der Waals surface area contributed by atoms with Gasteiger partial charge in [0.05, 0.1) is 24.2 Å². The number of aromatic nitrogens is 2. The van der Waals surface area contributed by atoms with E-state index in [0.29, 0.717) is 19.6 Å². The summed E-state index contributed by atoms with van der Waals surface area (Å²) in [4.78, 5) is 26.1. The number of ether oxygens (including phenoxy) is 1. The van der Waals surface area contributed by atoms with Gasteiger partial charge in [0.25, 0.3) is 0 Å². The molecule has 0 aliphatic carbocycles. The second-order valence-electron chi connectivity index (χ2n) is 7.58. The molecule has 2 aromatic rings. The molecule has 2 aliphatic rings. The van der Waals surface area contributed by atoms with E-state index >= 15 is 0 Å². The van der Waals surface area contributed by atoms with Gasteiger partial charge < -0.3 is 19.9 Å². The van der Waals surface area contributed by atoms with E-state index in [2.05, 4.69) is 21.3 Å². The number of carbonyl (C=O) groups excluding carboxylic acids is 1. The van der Waals surface area contributed by atoms with Crippen LogP contribution >= 0.6 is 11.8 Å². The van der Waals surface area contributed by atoms with E-state index in [1.807, 2.05) is 36.6 Å². The molecule has 0 unspecified atom stereocenters. The maximum absolute atomic E-state index is 12.8. The van der Waals surface area contributed by atoms with Gasteiger partial charge in [0, 0.05) is 31.7 Å². The molecule has 1 fully saturated rings. The number of piperazine rings is 1. The van der Waals surface area contributed by atoms with Gasteiger partial charge in [-0.05, 0) is 24.8 Å². The van der Waals surface area contributed by atoms with Gasteiger partial charge in [-0.1, -0.05) is 42.1 Å². The third-order valence-electron chi connectivity index (χ3n) is 5.63. The topological polar surface area (TPSA) is 94.4 Å². The largest absolute Gasteiger partial charge is 0.445 e. The van der Waals surface area contributed by atoms with E-state index in [1.54, 1.807) is 4.90 Å². The van der Waals surface area contributed by atoms with Crippen LogP contribution in [0.2, 0.25) is 0 Å². The minimum Gasteiger partial charge on any atom is -0.445 e. The molecule has 8 nitrogen and oxygen atoms in total. The van der Waals surface area contributed by atoms with Crippen molar-refractivity contribution in [1.82, 2.24) is 20.2 Å². The number of nitriles is 1. The number of rotatable bonds is 5. The third kappa shape index (κ3) is 4.92. The van der Waals surface area contributed by atoms with Crippen LogP contribution in [0.15, 0.2) is 35.5 Å². The number of hydrogen-bond donors (Lipinski definition) is 1. The molecule has 0 saturated carbocycles. The molecule has 0 radical (unpaired) electrons. The minimum absolute atomic E-state index is 0.225. The van der Waals surface area contributed by atoms with E-state index in [-0.39, 0.29) is 25.2 Å². The number of hydrogen-bond acceptors (Lipinski definition) is 8. The lowest BCUT2D eigenvalue weighted by atomic mass is 10.0. The average Bonchev–Trinajstić information content (AvgIpc) is 2.82. The molecule has 0 bridgehead atoms. The molecule has 2 aliphatic heterocycles. The number of amides is 1. The molecule has 1 N–H and O–H groups in total. The first-order valence-electron chi connectivity index (χ1n) is 10.4. The van der Waals surface area contributed by atoms with Crippen molar-refractivity contribution >= 4 is 23.7 Å². The number of benzene rings is 1. The Morgan fingerprint density at radius 3 is 2.94 bits per heavy atom. The molecule has 162 valence electrons. The van der Waals surface area contributed by atoms with Crippen molar-refractivity contribution in [3.05, 3.63) is 47.2 Å². The van der Waals surface area contributed by atoms with Gasteiger partial charge in [-0.15, -0.1) is 0 Å². The van der Waals surface area contributed by atoms with Crippen LogP contribution in [0.25, 0.3) is 0 Å². The smallest absolute Gasteiger partial charge is 0.410 e. The Morgan fingerprint density at radius 2 is 2.16 bits per heavy atom. The molecule has 31 heavy (non-hydrogen) atoms. The van der Waals surface area contributed by atoms with Crippen LogP contribution in [0.3, 0.4) is 0 Å². The maximum Gasteiger partial charge on any atom is 0.410 e. The number of anilines is 1. The molecule has 1 saturated heterocycles. The van der Waals surface area contributed by atoms with Gasteiger partial charge in [-0.25, -0.2) is 14.8 Å². The normalized spacial score (nSPS) is 18.3. The summed E-state index contributed by atoms with van der Waals surface area (Å²) in [6, 6.07) is 11.6.